The third kappa shape index (κ3) is 2.48. The van der Waals surface area contributed by atoms with Gasteiger partial charge in [-0.15, -0.1) is 0 Å². The molecule has 1 atom stereocenters. The summed E-state index contributed by atoms with van der Waals surface area (Å²) in [6, 6.07) is 1.44. The van der Waals surface area contributed by atoms with Gasteiger partial charge in [-0.2, -0.15) is 5.10 Å². The van der Waals surface area contributed by atoms with Gasteiger partial charge in [0.1, 0.15) is 17.1 Å². The van der Waals surface area contributed by atoms with Gasteiger partial charge in [-0.1, -0.05) is 25.4 Å². The van der Waals surface area contributed by atoms with Crippen LogP contribution in [0.3, 0.4) is 0 Å². The molecule has 1 unspecified atom stereocenters. The summed E-state index contributed by atoms with van der Waals surface area (Å²) >= 11 is 6.16. The zero-order valence-corrected chi connectivity index (χ0v) is 11.7. The van der Waals surface area contributed by atoms with Gasteiger partial charge in [0.25, 0.3) is 0 Å². The van der Waals surface area contributed by atoms with Crippen LogP contribution < -0.4 is 0 Å². The molecule has 2 aromatic heterocycles. The van der Waals surface area contributed by atoms with Gasteiger partial charge in [-0.25, -0.2) is 4.39 Å². The van der Waals surface area contributed by atoms with E-state index in [1.807, 2.05) is 13.8 Å². The van der Waals surface area contributed by atoms with Gasteiger partial charge >= 0.3 is 0 Å². The van der Waals surface area contributed by atoms with E-state index < -0.39 is 11.9 Å². The van der Waals surface area contributed by atoms with E-state index in [4.69, 9.17) is 11.6 Å². The molecular weight excluding hydrogens is 269 g/mol. The summed E-state index contributed by atoms with van der Waals surface area (Å²) in [7, 11) is 1.69. The van der Waals surface area contributed by atoms with Gasteiger partial charge in [0, 0.05) is 24.4 Å². The van der Waals surface area contributed by atoms with Gasteiger partial charge in [-0.3, -0.25) is 9.67 Å². The topological polar surface area (TPSA) is 50.9 Å². The molecule has 0 aliphatic rings. The first-order valence-electron chi connectivity index (χ1n) is 5.93. The largest absolute Gasteiger partial charge is 0.383 e. The lowest BCUT2D eigenvalue weighted by atomic mass is 9.98. The number of rotatable bonds is 3. The van der Waals surface area contributed by atoms with E-state index in [2.05, 4.69) is 10.1 Å². The summed E-state index contributed by atoms with van der Waals surface area (Å²) in [4.78, 5) is 3.67. The molecule has 102 valence electrons. The number of halogens is 2. The van der Waals surface area contributed by atoms with Crippen molar-refractivity contribution < 1.29 is 9.50 Å². The highest BCUT2D eigenvalue weighted by Gasteiger charge is 2.26. The van der Waals surface area contributed by atoms with E-state index >= 15 is 0 Å². The quantitative estimate of drug-likeness (QED) is 0.942. The number of hydrogen-bond acceptors (Lipinski definition) is 3. The standard InChI is InChI=1S/C13H15ClFN3O/c1-7(2)11-10(13(14)18(3)17-11)12(19)8-4-5-16-6-9(8)15/h4-7,12,19H,1-3H3. The summed E-state index contributed by atoms with van der Waals surface area (Å²) in [6.07, 6.45) is 1.35. The molecule has 0 spiro atoms. The Morgan fingerprint density at radius 3 is 2.68 bits per heavy atom. The minimum absolute atomic E-state index is 0.0771. The number of hydrogen-bond donors (Lipinski definition) is 1. The lowest BCUT2D eigenvalue weighted by molar-refractivity contribution is 0.213. The van der Waals surface area contributed by atoms with Crippen LogP contribution in [0.4, 0.5) is 4.39 Å². The fraction of sp³-hybridized carbons (Fsp3) is 0.385. The highest BCUT2D eigenvalue weighted by atomic mass is 35.5. The maximum absolute atomic E-state index is 13.7. The van der Waals surface area contributed by atoms with Crippen molar-refractivity contribution in [2.24, 2.45) is 7.05 Å². The van der Waals surface area contributed by atoms with Crippen LogP contribution in [0.2, 0.25) is 5.15 Å². The van der Waals surface area contributed by atoms with Gasteiger partial charge in [-0.05, 0) is 12.0 Å². The van der Waals surface area contributed by atoms with Crippen LogP contribution in [-0.4, -0.2) is 19.9 Å². The van der Waals surface area contributed by atoms with Crippen molar-refractivity contribution in [3.8, 4) is 0 Å². The molecule has 0 saturated carbocycles. The van der Waals surface area contributed by atoms with Gasteiger partial charge < -0.3 is 5.11 Å². The van der Waals surface area contributed by atoms with Crippen LogP contribution >= 0.6 is 11.6 Å². The Bertz CT molecular complexity index is 598. The third-order valence-electron chi connectivity index (χ3n) is 2.96. The van der Waals surface area contributed by atoms with Crippen molar-refractivity contribution in [1.29, 1.82) is 0 Å². The second kappa shape index (κ2) is 5.27. The van der Waals surface area contributed by atoms with E-state index in [0.29, 0.717) is 16.4 Å². The Morgan fingerprint density at radius 1 is 1.42 bits per heavy atom. The van der Waals surface area contributed by atoms with Crippen molar-refractivity contribution >= 4 is 11.6 Å². The summed E-state index contributed by atoms with van der Waals surface area (Å²) in [5.41, 5.74) is 1.26. The predicted octanol–water partition coefficient (Wildman–Crippen LogP) is 2.81. The van der Waals surface area contributed by atoms with Crippen molar-refractivity contribution in [1.82, 2.24) is 14.8 Å². The highest BCUT2D eigenvalue weighted by Crippen LogP contribution is 2.34. The molecule has 1 N–H and O–H groups in total. The molecule has 2 rings (SSSR count). The highest BCUT2D eigenvalue weighted by molar-refractivity contribution is 6.30. The number of aromatic nitrogens is 3. The first-order valence-corrected chi connectivity index (χ1v) is 6.31. The van der Waals surface area contributed by atoms with E-state index in [-0.39, 0.29) is 11.5 Å². The first kappa shape index (κ1) is 14.0. The Hall–Kier alpha value is -1.46. The maximum Gasteiger partial charge on any atom is 0.147 e. The Balaban J connectivity index is 2.56. The van der Waals surface area contributed by atoms with E-state index in [0.717, 1.165) is 6.20 Å². The summed E-state index contributed by atoms with van der Waals surface area (Å²) in [5.74, 6) is -0.488. The number of aliphatic hydroxyl groups excluding tert-OH is 1. The van der Waals surface area contributed by atoms with Crippen molar-refractivity contribution in [3.05, 3.63) is 46.3 Å². The maximum atomic E-state index is 13.7. The van der Waals surface area contributed by atoms with Crippen LogP contribution in [-0.2, 0) is 7.05 Å². The lowest BCUT2D eigenvalue weighted by Gasteiger charge is -2.14. The van der Waals surface area contributed by atoms with Crippen molar-refractivity contribution in [2.75, 3.05) is 0 Å². The predicted molar refractivity (Wildman–Crippen MR) is 70.6 cm³/mol. The summed E-state index contributed by atoms with van der Waals surface area (Å²) in [6.45, 7) is 3.88. The number of nitrogens with zero attached hydrogens (tertiary/aromatic N) is 3. The van der Waals surface area contributed by atoms with Crippen LogP contribution in [0, 0.1) is 5.82 Å². The molecule has 0 aromatic carbocycles. The van der Waals surface area contributed by atoms with E-state index in [1.165, 1.54) is 16.9 Å². The minimum Gasteiger partial charge on any atom is -0.383 e. The van der Waals surface area contributed by atoms with Crippen molar-refractivity contribution in [3.63, 3.8) is 0 Å². The first-order chi connectivity index (χ1) is 8.93. The zero-order valence-electron chi connectivity index (χ0n) is 10.9. The smallest absolute Gasteiger partial charge is 0.147 e. The van der Waals surface area contributed by atoms with Gasteiger partial charge in [0.2, 0.25) is 0 Å². The molecule has 2 aromatic rings. The third-order valence-corrected chi connectivity index (χ3v) is 3.41. The molecule has 0 fully saturated rings. The summed E-state index contributed by atoms with van der Waals surface area (Å²) < 4.78 is 15.2. The Labute approximate surface area is 115 Å². The monoisotopic (exact) mass is 283 g/mol. The molecular formula is C13H15ClFN3O. The van der Waals surface area contributed by atoms with Crippen molar-refractivity contribution in [2.45, 2.75) is 25.9 Å². The Kier molecular flexibility index (Phi) is 3.87. The van der Waals surface area contributed by atoms with Gasteiger partial charge in [0.15, 0.2) is 0 Å². The minimum atomic E-state index is -1.15. The van der Waals surface area contributed by atoms with Gasteiger partial charge in [0.05, 0.1) is 11.9 Å². The molecule has 0 aliphatic heterocycles. The molecule has 2 heterocycles. The average Bonchev–Trinajstić information content (AvgIpc) is 2.66. The normalized spacial score (nSPS) is 13.0. The molecule has 0 aliphatic carbocycles. The Morgan fingerprint density at radius 2 is 2.11 bits per heavy atom. The SMILES string of the molecule is CC(C)c1nn(C)c(Cl)c1C(O)c1ccncc1F. The lowest BCUT2D eigenvalue weighted by Crippen LogP contribution is -2.06. The molecule has 0 bridgehead atoms. The molecule has 19 heavy (non-hydrogen) atoms. The fourth-order valence-electron chi connectivity index (χ4n) is 1.98. The zero-order chi connectivity index (χ0) is 14.2. The number of pyridine rings is 1. The molecule has 0 amide bonds. The number of aliphatic hydroxyl groups is 1. The van der Waals surface area contributed by atoms with Crippen LogP contribution in [0.5, 0.6) is 0 Å². The molecule has 4 nitrogen and oxygen atoms in total. The van der Waals surface area contributed by atoms with Crippen LogP contribution in [0.1, 0.15) is 42.7 Å². The fourth-order valence-corrected chi connectivity index (χ4v) is 2.22. The molecule has 6 heteroatoms. The van der Waals surface area contributed by atoms with Crippen LogP contribution in [0.25, 0.3) is 0 Å². The van der Waals surface area contributed by atoms with E-state index in [9.17, 15) is 9.50 Å². The second-order valence-corrected chi connectivity index (χ2v) is 5.03. The van der Waals surface area contributed by atoms with E-state index in [1.54, 1.807) is 7.05 Å². The average molecular weight is 284 g/mol. The second-order valence-electron chi connectivity index (χ2n) is 4.67. The number of aryl methyl sites for hydroxylation is 1. The molecule has 0 saturated heterocycles. The molecule has 0 radical (unpaired) electrons. The van der Waals surface area contributed by atoms with Crippen LogP contribution in [0.15, 0.2) is 18.5 Å². The summed E-state index contributed by atoms with van der Waals surface area (Å²) in [5, 5.41) is 15.0.